The molecule has 1 atom stereocenters. The summed E-state index contributed by atoms with van der Waals surface area (Å²) in [7, 11) is -3.65. The quantitative estimate of drug-likeness (QED) is 0.548. The Morgan fingerprint density at radius 2 is 1.70 bits per heavy atom. The van der Waals surface area contributed by atoms with Gasteiger partial charge in [0.15, 0.2) is 15.7 Å². The highest BCUT2D eigenvalue weighted by atomic mass is 32.2. The fraction of sp³-hybridized carbons (Fsp3) is 0.190. The van der Waals surface area contributed by atoms with E-state index in [0.717, 1.165) is 0 Å². The van der Waals surface area contributed by atoms with Crippen LogP contribution in [-0.4, -0.2) is 31.2 Å². The second kappa shape index (κ2) is 9.36. The molecule has 1 aromatic heterocycles. The Balaban J connectivity index is 1.69. The lowest BCUT2D eigenvalue weighted by Crippen LogP contribution is -2.26. The Bertz CT molecular complexity index is 1110. The summed E-state index contributed by atoms with van der Waals surface area (Å²) in [5.41, 5.74) is 0.439. The second-order valence-electron chi connectivity index (χ2n) is 6.47. The molecular weight excluding hydrogens is 408 g/mol. The van der Waals surface area contributed by atoms with Crippen molar-refractivity contribution in [3.63, 3.8) is 0 Å². The molecule has 8 nitrogen and oxygen atoms in total. The molecule has 0 aliphatic rings. The highest BCUT2D eigenvalue weighted by molar-refractivity contribution is 7.91. The number of sulfone groups is 1. The van der Waals surface area contributed by atoms with Gasteiger partial charge >= 0.3 is 5.97 Å². The number of esters is 1. The largest absolute Gasteiger partial charge is 0.447 e. The van der Waals surface area contributed by atoms with Crippen molar-refractivity contribution in [2.24, 2.45) is 0 Å². The SMILES string of the molecule is Cc1cc(NC(=O)[C@H](OC(=O)CCS(=O)(=O)c2ccccc2)c2ccccc2)no1. The monoisotopic (exact) mass is 428 g/mol. The summed E-state index contributed by atoms with van der Waals surface area (Å²) in [6.07, 6.45) is -1.66. The predicted octanol–water partition coefficient (Wildman–Crippen LogP) is 3.07. The zero-order valence-corrected chi connectivity index (χ0v) is 17.0. The van der Waals surface area contributed by atoms with Crippen molar-refractivity contribution in [2.75, 3.05) is 11.1 Å². The molecule has 0 saturated heterocycles. The van der Waals surface area contributed by atoms with Gasteiger partial charge in [-0.05, 0) is 19.1 Å². The van der Waals surface area contributed by atoms with E-state index in [4.69, 9.17) is 9.26 Å². The number of hydrogen-bond donors (Lipinski definition) is 1. The molecular formula is C21H20N2O6S. The molecule has 156 valence electrons. The molecule has 30 heavy (non-hydrogen) atoms. The third-order valence-corrected chi connectivity index (χ3v) is 5.88. The van der Waals surface area contributed by atoms with Gasteiger partial charge in [-0.2, -0.15) is 0 Å². The number of benzene rings is 2. The fourth-order valence-electron chi connectivity index (χ4n) is 2.67. The minimum absolute atomic E-state index is 0.122. The summed E-state index contributed by atoms with van der Waals surface area (Å²) in [4.78, 5) is 25.2. The van der Waals surface area contributed by atoms with Crippen LogP contribution >= 0.6 is 0 Å². The number of anilines is 1. The molecule has 1 amide bonds. The normalized spacial score (nSPS) is 12.2. The maximum absolute atomic E-state index is 12.7. The number of nitrogens with one attached hydrogen (secondary N) is 1. The summed E-state index contributed by atoms with van der Waals surface area (Å²) < 4.78 is 35.0. The molecule has 0 spiro atoms. The number of rotatable bonds is 8. The van der Waals surface area contributed by atoms with E-state index >= 15 is 0 Å². The van der Waals surface area contributed by atoms with Crippen molar-refractivity contribution in [2.45, 2.75) is 24.3 Å². The molecule has 0 aliphatic carbocycles. The van der Waals surface area contributed by atoms with Crippen LogP contribution in [0.1, 0.15) is 23.8 Å². The Labute approximate surface area is 173 Å². The minimum Gasteiger partial charge on any atom is -0.447 e. The van der Waals surface area contributed by atoms with Crippen LogP contribution in [0.4, 0.5) is 5.82 Å². The van der Waals surface area contributed by atoms with E-state index in [0.29, 0.717) is 11.3 Å². The number of carbonyl (C=O) groups excluding carboxylic acids is 2. The molecule has 2 aromatic carbocycles. The molecule has 9 heteroatoms. The predicted molar refractivity (Wildman–Crippen MR) is 108 cm³/mol. The van der Waals surface area contributed by atoms with Gasteiger partial charge in [0.1, 0.15) is 5.76 Å². The summed E-state index contributed by atoms with van der Waals surface area (Å²) >= 11 is 0. The number of hydrogen-bond acceptors (Lipinski definition) is 7. The first-order chi connectivity index (χ1) is 14.3. The average Bonchev–Trinajstić information content (AvgIpc) is 3.16. The molecule has 0 aliphatic heterocycles. The number of aryl methyl sites for hydroxylation is 1. The Morgan fingerprint density at radius 1 is 1.07 bits per heavy atom. The lowest BCUT2D eigenvalue weighted by Gasteiger charge is -2.17. The van der Waals surface area contributed by atoms with Gasteiger partial charge in [0.25, 0.3) is 5.91 Å². The van der Waals surface area contributed by atoms with Crippen LogP contribution < -0.4 is 5.32 Å². The summed E-state index contributed by atoms with van der Waals surface area (Å²) in [6, 6.07) is 17.8. The summed E-state index contributed by atoms with van der Waals surface area (Å²) in [6.45, 7) is 1.67. The van der Waals surface area contributed by atoms with Gasteiger partial charge in [-0.1, -0.05) is 53.7 Å². The lowest BCUT2D eigenvalue weighted by molar-refractivity contribution is -0.154. The van der Waals surface area contributed by atoms with Crippen molar-refractivity contribution in [1.29, 1.82) is 0 Å². The van der Waals surface area contributed by atoms with Crippen LogP contribution in [-0.2, 0) is 24.2 Å². The van der Waals surface area contributed by atoms with Gasteiger partial charge < -0.3 is 14.6 Å². The van der Waals surface area contributed by atoms with Crippen LogP contribution in [0.15, 0.2) is 76.1 Å². The van der Waals surface area contributed by atoms with Gasteiger partial charge in [-0.3, -0.25) is 9.59 Å². The topological polar surface area (TPSA) is 116 Å². The lowest BCUT2D eigenvalue weighted by atomic mass is 10.1. The highest BCUT2D eigenvalue weighted by Crippen LogP contribution is 2.21. The highest BCUT2D eigenvalue weighted by Gasteiger charge is 2.27. The zero-order chi connectivity index (χ0) is 21.6. The van der Waals surface area contributed by atoms with Crippen molar-refractivity contribution in [1.82, 2.24) is 5.16 Å². The van der Waals surface area contributed by atoms with Crippen LogP contribution in [0.3, 0.4) is 0 Å². The third-order valence-electron chi connectivity index (χ3n) is 4.15. The van der Waals surface area contributed by atoms with Gasteiger partial charge in [0.2, 0.25) is 6.10 Å². The average molecular weight is 428 g/mol. The minimum atomic E-state index is -3.65. The maximum Gasteiger partial charge on any atom is 0.307 e. The Kier molecular flexibility index (Phi) is 6.63. The van der Waals surface area contributed by atoms with Crippen molar-refractivity contribution < 1.29 is 27.3 Å². The Hall–Kier alpha value is -3.46. The second-order valence-corrected chi connectivity index (χ2v) is 8.58. The van der Waals surface area contributed by atoms with E-state index in [1.807, 2.05) is 0 Å². The number of aromatic nitrogens is 1. The van der Waals surface area contributed by atoms with Gasteiger partial charge in [0.05, 0.1) is 17.1 Å². The van der Waals surface area contributed by atoms with Gasteiger partial charge in [-0.25, -0.2) is 8.42 Å². The first kappa shape index (κ1) is 21.3. The summed E-state index contributed by atoms with van der Waals surface area (Å²) in [5, 5.41) is 6.21. The van der Waals surface area contributed by atoms with Crippen molar-refractivity contribution >= 4 is 27.5 Å². The van der Waals surface area contributed by atoms with E-state index < -0.39 is 40.0 Å². The molecule has 0 radical (unpaired) electrons. The first-order valence-corrected chi connectivity index (χ1v) is 10.8. The number of nitrogens with zero attached hydrogens (tertiary/aromatic N) is 1. The molecule has 0 saturated carbocycles. The molecule has 0 unspecified atom stereocenters. The Morgan fingerprint density at radius 3 is 2.30 bits per heavy atom. The fourth-order valence-corrected chi connectivity index (χ4v) is 3.91. The number of ether oxygens (including phenoxy) is 1. The van der Waals surface area contributed by atoms with E-state index in [-0.39, 0.29) is 10.7 Å². The molecule has 1 N–H and O–H groups in total. The summed E-state index contributed by atoms with van der Waals surface area (Å²) in [5.74, 6) is -1.18. The number of carbonyl (C=O) groups is 2. The van der Waals surface area contributed by atoms with Crippen LogP contribution in [0, 0.1) is 6.92 Å². The molecule has 0 fully saturated rings. The van der Waals surface area contributed by atoms with E-state index in [1.54, 1.807) is 55.5 Å². The molecule has 3 aromatic rings. The van der Waals surface area contributed by atoms with Gasteiger partial charge in [-0.15, -0.1) is 0 Å². The van der Waals surface area contributed by atoms with E-state index in [2.05, 4.69) is 10.5 Å². The molecule has 3 rings (SSSR count). The smallest absolute Gasteiger partial charge is 0.307 e. The van der Waals surface area contributed by atoms with Crippen molar-refractivity contribution in [3.05, 3.63) is 78.1 Å². The van der Waals surface area contributed by atoms with Crippen molar-refractivity contribution in [3.8, 4) is 0 Å². The van der Waals surface area contributed by atoms with Crippen LogP contribution in [0.25, 0.3) is 0 Å². The van der Waals surface area contributed by atoms with E-state index in [1.165, 1.54) is 18.2 Å². The van der Waals surface area contributed by atoms with Gasteiger partial charge in [0, 0.05) is 11.6 Å². The maximum atomic E-state index is 12.7. The van der Waals surface area contributed by atoms with Crippen LogP contribution in [0.2, 0.25) is 0 Å². The zero-order valence-electron chi connectivity index (χ0n) is 16.1. The molecule has 0 bridgehead atoms. The standard InChI is InChI=1S/C21H20N2O6S/c1-15-14-18(23-29-15)22-21(25)20(16-8-4-2-5-9-16)28-19(24)12-13-30(26,27)17-10-6-3-7-11-17/h2-11,14,20H,12-13H2,1H3,(H,22,23,25)/t20-/m1/s1. The number of amides is 1. The first-order valence-electron chi connectivity index (χ1n) is 9.11. The van der Waals surface area contributed by atoms with E-state index in [9.17, 15) is 18.0 Å². The molecule has 1 heterocycles. The third kappa shape index (κ3) is 5.54. The van der Waals surface area contributed by atoms with Crippen LogP contribution in [0.5, 0.6) is 0 Å².